The van der Waals surface area contributed by atoms with Crippen molar-refractivity contribution >= 4 is 22.9 Å². The van der Waals surface area contributed by atoms with Gasteiger partial charge in [0, 0.05) is 18.3 Å². The molecule has 3 aromatic rings. The fourth-order valence-electron chi connectivity index (χ4n) is 2.64. The number of benzene rings is 1. The third-order valence-corrected chi connectivity index (χ3v) is 4.02. The van der Waals surface area contributed by atoms with Crippen molar-refractivity contribution in [3.05, 3.63) is 69.2 Å². The monoisotopic (exact) mass is 378 g/mol. The van der Waals surface area contributed by atoms with E-state index in [1.165, 1.54) is 31.2 Å². The zero-order valence-electron chi connectivity index (χ0n) is 14.2. The molecule has 140 valence electrons. The second kappa shape index (κ2) is 6.38. The Labute approximate surface area is 150 Å². The average Bonchev–Trinajstić information content (AvgIpc) is 2.90. The van der Waals surface area contributed by atoms with Gasteiger partial charge in [-0.3, -0.25) is 19.3 Å². The molecule has 10 heteroatoms. The summed E-state index contributed by atoms with van der Waals surface area (Å²) in [5, 5.41) is 13.4. The Bertz CT molecular complexity index is 1070. The van der Waals surface area contributed by atoms with E-state index in [2.05, 4.69) is 10.3 Å². The number of rotatable bonds is 3. The molecule has 0 saturated carbocycles. The molecule has 0 saturated heterocycles. The second-order valence-corrected chi connectivity index (χ2v) is 5.90. The summed E-state index contributed by atoms with van der Waals surface area (Å²) in [6.07, 6.45) is -3.78. The van der Waals surface area contributed by atoms with Crippen LogP contribution in [0.3, 0.4) is 0 Å². The van der Waals surface area contributed by atoms with Crippen molar-refractivity contribution in [2.75, 3.05) is 5.32 Å². The highest BCUT2D eigenvalue weighted by Crippen LogP contribution is 2.30. The molecule has 7 nitrogen and oxygen atoms in total. The number of hydrogen-bond acceptors (Lipinski definition) is 4. The van der Waals surface area contributed by atoms with Crippen molar-refractivity contribution in [2.24, 2.45) is 0 Å². The number of halogens is 3. The van der Waals surface area contributed by atoms with Gasteiger partial charge in [0.15, 0.2) is 0 Å². The molecule has 1 aromatic carbocycles. The maximum absolute atomic E-state index is 13.0. The van der Waals surface area contributed by atoms with Gasteiger partial charge >= 0.3 is 6.18 Å². The number of nitrogens with one attached hydrogen (secondary N) is 1. The molecule has 0 atom stereocenters. The van der Waals surface area contributed by atoms with Crippen molar-refractivity contribution in [1.29, 1.82) is 0 Å². The summed E-state index contributed by atoms with van der Waals surface area (Å²) in [7, 11) is 0. The highest BCUT2D eigenvalue weighted by molar-refractivity contribution is 6.05. The van der Waals surface area contributed by atoms with Crippen molar-refractivity contribution in [3.63, 3.8) is 0 Å². The normalized spacial score (nSPS) is 11.6. The van der Waals surface area contributed by atoms with Crippen molar-refractivity contribution in [1.82, 2.24) is 9.38 Å². The number of carbonyl (C=O) groups excluding carboxylic acids is 1. The molecule has 2 heterocycles. The van der Waals surface area contributed by atoms with Crippen LogP contribution in [0.15, 0.2) is 36.5 Å². The molecule has 0 aliphatic carbocycles. The third-order valence-electron chi connectivity index (χ3n) is 4.02. The quantitative estimate of drug-likeness (QED) is 0.548. The first-order chi connectivity index (χ1) is 12.6. The van der Waals surface area contributed by atoms with E-state index < -0.39 is 22.6 Å². The maximum atomic E-state index is 13.0. The molecular formula is C17H13F3N4O3. The standard InChI is InChI=1S/C17H13F3N4O3/c1-9-3-5-12(24(26)27)7-13(9)22-16(25)15-10(2)21-14-6-4-11(8-23(14)15)17(18,19)20/h3-8H,1-2H3,(H,22,25). The van der Waals surface area contributed by atoms with Gasteiger partial charge in [-0.15, -0.1) is 0 Å². The van der Waals surface area contributed by atoms with Crippen LogP contribution in [0.5, 0.6) is 0 Å². The lowest BCUT2D eigenvalue weighted by molar-refractivity contribution is -0.384. The van der Waals surface area contributed by atoms with Crippen LogP contribution in [0.25, 0.3) is 5.65 Å². The van der Waals surface area contributed by atoms with Crippen LogP contribution in [0.1, 0.15) is 27.3 Å². The van der Waals surface area contributed by atoms with E-state index >= 15 is 0 Å². The number of nitro benzene ring substituents is 1. The predicted molar refractivity (Wildman–Crippen MR) is 90.7 cm³/mol. The Kier molecular flexibility index (Phi) is 4.34. The van der Waals surface area contributed by atoms with Gasteiger partial charge in [0.25, 0.3) is 11.6 Å². The molecule has 0 bridgehead atoms. The van der Waals surface area contributed by atoms with E-state index in [9.17, 15) is 28.1 Å². The number of pyridine rings is 1. The van der Waals surface area contributed by atoms with Gasteiger partial charge in [-0.25, -0.2) is 4.98 Å². The summed E-state index contributed by atoms with van der Waals surface area (Å²) in [4.78, 5) is 27.1. The molecule has 0 spiro atoms. The van der Waals surface area contributed by atoms with Gasteiger partial charge in [0.05, 0.1) is 21.9 Å². The molecule has 3 rings (SSSR count). The number of fused-ring (bicyclic) bond motifs is 1. The molecule has 1 amide bonds. The third kappa shape index (κ3) is 3.46. The summed E-state index contributed by atoms with van der Waals surface area (Å²) in [5.41, 5.74) is -0.0524. The van der Waals surface area contributed by atoms with Crippen molar-refractivity contribution in [2.45, 2.75) is 20.0 Å². The fourth-order valence-corrected chi connectivity index (χ4v) is 2.64. The van der Waals surface area contributed by atoms with Crippen LogP contribution in [-0.4, -0.2) is 20.2 Å². The molecule has 0 aliphatic heterocycles. The Balaban J connectivity index is 2.05. The number of nitrogens with zero attached hydrogens (tertiary/aromatic N) is 3. The number of carbonyl (C=O) groups is 1. The largest absolute Gasteiger partial charge is 0.417 e. The first-order valence-electron chi connectivity index (χ1n) is 7.70. The van der Waals surface area contributed by atoms with E-state index in [1.807, 2.05) is 0 Å². The number of nitro groups is 1. The molecule has 2 aromatic heterocycles. The van der Waals surface area contributed by atoms with E-state index in [4.69, 9.17) is 0 Å². The number of alkyl halides is 3. The van der Waals surface area contributed by atoms with E-state index in [0.29, 0.717) is 5.56 Å². The summed E-state index contributed by atoms with van der Waals surface area (Å²) in [6, 6.07) is 6.00. The van der Waals surface area contributed by atoms with Gasteiger partial charge in [-0.1, -0.05) is 6.07 Å². The molecule has 0 unspecified atom stereocenters. The average molecular weight is 378 g/mol. The lowest BCUT2D eigenvalue weighted by atomic mass is 10.1. The molecular weight excluding hydrogens is 365 g/mol. The summed E-state index contributed by atoms with van der Waals surface area (Å²) >= 11 is 0. The van der Waals surface area contributed by atoms with Gasteiger partial charge in [0.2, 0.25) is 0 Å². The van der Waals surface area contributed by atoms with Gasteiger partial charge in [-0.2, -0.15) is 13.2 Å². The second-order valence-electron chi connectivity index (χ2n) is 5.90. The first kappa shape index (κ1) is 18.4. The van der Waals surface area contributed by atoms with E-state index in [-0.39, 0.29) is 28.4 Å². The molecule has 27 heavy (non-hydrogen) atoms. The highest BCUT2D eigenvalue weighted by atomic mass is 19.4. The maximum Gasteiger partial charge on any atom is 0.417 e. The Morgan fingerprint density at radius 2 is 1.93 bits per heavy atom. The zero-order valence-corrected chi connectivity index (χ0v) is 14.2. The van der Waals surface area contributed by atoms with Crippen molar-refractivity contribution in [3.8, 4) is 0 Å². The van der Waals surface area contributed by atoms with Gasteiger partial charge < -0.3 is 5.32 Å². The minimum Gasteiger partial charge on any atom is -0.320 e. The van der Waals surface area contributed by atoms with Crippen molar-refractivity contribution < 1.29 is 22.9 Å². The number of aromatic nitrogens is 2. The zero-order chi connectivity index (χ0) is 19.9. The van der Waals surface area contributed by atoms with Crippen LogP contribution < -0.4 is 5.32 Å². The van der Waals surface area contributed by atoms with Crippen LogP contribution >= 0.6 is 0 Å². The fraction of sp³-hybridized carbons (Fsp3) is 0.176. The van der Waals surface area contributed by atoms with Crippen LogP contribution in [0, 0.1) is 24.0 Å². The summed E-state index contributed by atoms with van der Waals surface area (Å²) in [5.74, 6) is -0.720. The van der Waals surface area contributed by atoms with Crippen LogP contribution in [0.4, 0.5) is 24.5 Å². The molecule has 0 aliphatic rings. The van der Waals surface area contributed by atoms with Gasteiger partial charge in [-0.05, 0) is 31.5 Å². The SMILES string of the molecule is Cc1ccc([N+](=O)[O-])cc1NC(=O)c1c(C)nc2ccc(C(F)(F)F)cn12. The Morgan fingerprint density at radius 3 is 2.56 bits per heavy atom. The van der Waals surface area contributed by atoms with Gasteiger partial charge in [0.1, 0.15) is 11.3 Å². The van der Waals surface area contributed by atoms with Crippen LogP contribution in [-0.2, 0) is 6.18 Å². The number of amides is 1. The summed E-state index contributed by atoms with van der Waals surface area (Å²) in [6.45, 7) is 3.14. The smallest absolute Gasteiger partial charge is 0.320 e. The Hall–Kier alpha value is -3.43. The molecule has 0 fully saturated rings. The number of aryl methyl sites for hydroxylation is 2. The topological polar surface area (TPSA) is 89.5 Å². The Morgan fingerprint density at radius 1 is 1.22 bits per heavy atom. The molecule has 1 N–H and O–H groups in total. The predicted octanol–water partition coefficient (Wildman–Crippen LogP) is 4.13. The van der Waals surface area contributed by atoms with Crippen LogP contribution in [0.2, 0.25) is 0 Å². The van der Waals surface area contributed by atoms with E-state index in [0.717, 1.165) is 16.7 Å². The number of hydrogen-bond donors (Lipinski definition) is 1. The number of imidazole rings is 1. The minimum absolute atomic E-state index is 0.0815. The highest BCUT2D eigenvalue weighted by Gasteiger charge is 2.31. The van der Waals surface area contributed by atoms with E-state index in [1.54, 1.807) is 6.92 Å². The minimum atomic E-state index is -4.57. The lowest BCUT2D eigenvalue weighted by Gasteiger charge is -2.10. The number of anilines is 1. The first-order valence-corrected chi connectivity index (χ1v) is 7.70. The number of non-ortho nitro benzene ring substituents is 1. The molecule has 0 radical (unpaired) electrons. The lowest BCUT2D eigenvalue weighted by Crippen LogP contribution is -2.17. The summed E-state index contributed by atoms with van der Waals surface area (Å²) < 4.78 is 40.0.